The van der Waals surface area contributed by atoms with Crippen molar-refractivity contribution in [2.24, 2.45) is 0 Å². The minimum Gasteiger partial charge on any atom is -0.497 e. The van der Waals surface area contributed by atoms with E-state index in [1.54, 1.807) is 7.11 Å². The van der Waals surface area contributed by atoms with Gasteiger partial charge in [0.1, 0.15) is 5.75 Å². The van der Waals surface area contributed by atoms with Crippen LogP contribution in [0.15, 0.2) is 24.4 Å². The number of rotatable bonds is 1. The van der Waals surface area contributed by atoms with Crippen LogP contribution in [0.5, 0.6) is 5.75 Å². The molecule has 2 heteroatoms. The summed E-state index contributed by atoms with van der Waals surface area (Å²) in [7, 11) is 1.67. The van der Waals surface area contributed by atoms with E-state index in [-0.39, 0.29) is 0 Å². The van der Waals surface area contributed by atoms with Crippen molar-refractivity contribution in [3.8, 4) is 5.75 Å². The minimum atomic E-state index is 0.867. The molecule has 0 aliphatic carbocycles. The van der Waals surface area contributed by atoms with Gasteiger partial charge in [-0.05, 0) is 30.3 Å². The van der Waals surface area contributed by atoms with Crippen molar-refractivity contribution in [2.45, 2.75) is 6.42 Å². The standard InChI is InChI=1S/C10H10NO/c1-12-9-4-5-10-8(7-9)3-2-6-11-10/h2,4,6-7,11H,3H2,1H3. The van der Waals surface area contributed by atoms with E-state index in [2.05, 4.69) is 17.5 Å². The lowest BCUT2D eigenvalue weighted by molar-refractivity contribution is 0.414. The van der Waals surface area contributed by atoms with E-state index in [1.807, 2.05) is 18.3 Å². The summed E-state index contributed by atoms with van der Waals surface area (Å²) in [6.45, 7) is 0. The zero-order valence-electron chi connectivity index (χ0n) is 6.92. The third kappa shape index (κ3) is 1.16. The van der Waals surface area contributed by atoms with Gasteiger partial charge in [0.2, 0.25) is 0 Å². The number of nitrogens with one attached hydrogen (secondary N) is 1. The second kappa shape index (κ2) is 2.89. The summed E-state index contributed by atoms with van der Waals surface area (Å²) in [5, 5.41) is 3.12. The summed E-state index contributed by atoms with van der Waals surface area (Å²) in [5.74, 6) is 0.867. The van der Waals surface area contributed by atoms with Crippen molar-refractivity contribution < 1.29 is 4.74 Å². The van der Waals surface area contributed by atoms with Gasteiger partial charge in [-0.25, -0.2) is 0 Å². The molecular formula is C10H10NO. The predicted molar refractivity (Wildman–Crippen MR) is 48.3 cm³/mol. The van der Waals surface area contributed by atoms with Crippen molar-refractivity contribution in [2.75, 3.05) is 12.4 Å². The van der Waals surface area contributed by atoms with Crippen molar-refractivity contribution in [3.63, 3.8) is 0 Å². The van der Waals surface area contributed by atoms with Gasteiger partial charge < -0.3 is 10.1 Å². The number of anilines is 1. The lowest BCUT2D eigenvalue weighted by Gasteiger charge is -2.12. The Labute approximate surface area is 71.9 Å². The molecule has 2 nitrogen and oxygen atoms in total. The summed E-state index contributed by atoms with van der Waals surface area (Å²) < 4.78 is 5.10. The summed E-state index contributed by atoms with van der Waals surface area (Å²) in [5.41, 5.74) is 2.29. The average Bonchev–Trinajstić information content (AvgIpc) is 2.17. The van der Waals surface area contributed by atoms with Gasteiger partial charge in [0.15, 0.2) is 0 Å². The van der Waals surface area contributed by atoms with Crippen LogP contribution in [0, 0.1) is 6.07 Å². The lowest BCUT2D eigenvalue weighted by atomic mass is 10.1. The van der Waals surface area contributed by atoms with Crippen molar-refractivity contribution in [1.82, 2.24) is 0 Å². The van der Waals surface area contributed by atoms with Crippen LogP contribution in [0.25, 0.3) is 0 Å². The van der Waals surface area contributed by atoms with Gasteiger partial charge in [0.25, 0.3) is 0 Å². The number of benzene rings is 1. The topological polar surface area (TPSA) is 21.3 Å². The Morgan fingerprint density at radius 3 is 3.33 bits per heavy atom. The van der Waals surface area contributed by atoms with Gasteiger partial charge in [-0.1, -0.05) is 6.08 Å². The second-order valence-corrected chi connectivity index (χ2v) is 2.69. The molecule has 0 fully saturated rings. The largest absolute Gasteiger partial charge is 0.497 e. The molecule has 2 rings (SSSR count). The van der Waals surface area contributed by atoms with Crippen molar-refractivity contribution in [3.05, 3.63) is 36.0 Å². The minimum absolute atomic E-state index is 0.867. The molecule has 12 heavy (non-hydrogen) atoms. The summed E-state index contributed by atoms with van der Waals surface area (Å²) in [6, 6.07) is 6.99. The van der Waals surface area contributed by atoms with Gasteiger partial charge in [-0.15, -0.1) is 0 Å². The molecule has 1 heterocycles. The fourth-order valence-electron chi connectivity index (χ4n) is 1.26. The number of methoxy groups -OCH3 is 1. The first kappa shape index (κ1) is 7.22. The van der Waals surface area contributed by atoms with Crippen LogP contribution >= 0.6 is 0 Å². The zero-order valence-corrected chi connectivity index (χ0v) is 6.92. The highest BCUT2D eigenvalue weighted by Gasteiger charge is 2.04. The SMILES string of the molecule is COc1c[c]c2c(c1)CC=CN2. The van der Waals surface area contributed by atoms with Crippen LogP contribution in [-0.2, 0) is 6.42 Å². The molecule has 0 aromatic heterocycles. The number of hydrogen-bond acceptors (Lipinski definition) is 2. The van der Waals surface area contributed by atoms with E-state index in [0.29, 0.717) is 0 Å². The molecule has 0 saturated heterocycles. The van der Waals surface area contributed by atoms with E-state index in [1.165, 1.54) is 5.56 Å². The summed E-state index contributed by atoms with van der Waals surface area (Å²) in [6.07, 6.45) is 4.97. The van der Waals surface area contributed by atoms with Crippen LogP contribution < -0.4 is 10.1 Å². The Morgan fingerprint density at radius 2 is 2.50 bits per heavy atom. The van der Waals surface area contributed by atoms with E-state index >= 15 is 0 Å². The Balaban J connectivity index is 2.39. The first-order valence-corrected chi connectivity index (χ1v) is 3.90. The normalized spacial score (nSPS) is 13.4. The zero-order chi connectivity index (χ0) is 8.39. The highest BCUT2D eigenvalue weighted by atomic mass is 16.5. The average molecular weight is 160 g/mol. The molecule has 0 atom stereocenters. The molecule has 0 unspecified atom stereocenters. The Bertz CT molecular complexity index is 318. The fourth-order valence-corrected chi connectivity index (χ4v) is 1.26. The monoisotopic (exact) mass is 160 g/mol. The number of ether oxygens (including phenoxy) is 1. The first-order chi connectivity index (χ1) is 5.90. The maximum absolute atomic E-state index is 5.10. The molecule has 1 aromatic rings. The third-order valence-corrected chi connectivity index (χ3v) is 1.92. The van der Waals surface area contributed by atoms with Crippen LogP contribution in [0.2, 0.25) is 0 Å². The number of fused-ring (bicyclic) bond motifs is 1. The van der Waals surface area contributed by atoms with Gasteiger partial charge in [0, 0.05) is 11.8 Å². The number of allylic oxidation sites excluding steroid dienone is 1. The van der Waals surface area contributed by atoms with Crippen molar-refractivity contribution >= 4 is 5.69 Å². The number of hydrogen-bond donors (Lipinski definition) is 1. The molecule has 0 amide bonds. The highest BCUT2D eigenvalue weighted by molar-refractivity contribution is 5.57. The molecule has 1 aliphatic heterocycles. The van der Waals surface area contributed by atoms with E-state index in [9.17, 15) is 0 Å². The van der Waals surface area contributed by atoms with E-state index < -0.39 is 0 Å². The molecule has 0 spiro atoms. The maximum atomic E-state index is 5.10. The molecule has 61 valence electrons. The Kier molecular flexibility index (Phi) is 1.74. The highest BCUT2D eigenvalue weighted by Crippen LogP contribution is 2.24. The van der Waals surface area contributed by atoms with Gasteiger partial charge >= 0.3 is 0 Å². The molecule has 0 saturated carbocycles. The molecule has 1 aliphatic rings. The predicted octanol–water partition coefficient (Wildman–Crippen LogP) is 1.98. The van der Waals surface area contributed by atoms with E-state index in [4.69, 9.17) is 4.74 Å². The quantitative estimate of drug-likeness (QED) is 0.678. The molecule has 0 bridgehead atoms. The van der Waals surface area contributed by atoms with Crippen molar-refractivity contribution in [1.29, 1.82) is 0 Å². The maximum Gasteiger partial charge on any atom is 0.119 e. The smallest absolute Gasteiger partial charge is 0.119 e. The van der Waals surface area contributed by atoms with Crippen LogP contribution in [-0.4, -0.2) is 7.11 Å². The molecule has 1 N–H and O–H groups in total. The molecule has 1 aromatic carbocycles. The van der Waals surface area contributed by atoms with E-state index in [0.717, 1.165) is 17.9 Å². The van der Waals surface area contributed by atoms with Gasteiger partial charge in [-0.2, -0.15) is 0 Å². The van der Waals surface area contributed by atoms with Gasteiger partial charge in [0.05, 0.1) is 7.11 Å². The van der Waals surface area contributed by atoms with Gasteiger partial charge in [-0.3, -0.25) is 0 Å². The Morgan fingerprint density at radius 1 is 1.58 bits per heavy atom. The third-order valence-electron chi connectivity index (χ3n) is 1.92. The lowest BCUT2D eigenvalue weighted by Crippen LogP contribution is -2.00. The molecule has 1 radical (unpaired) electrons. The summed E-state index contributed by atoms with van der Waals surface area (Å²) >= 11 is 0. The van der Waals surface area contributed by atoms with Crippen LogP contribution in [0.1, 0.15) is 5.56 Å². The fraction of sp³-hybridized carbons (Fsp3) is 0.200. The van der Waals surface area contributed by atoms with Crippen LogP contribution in [0.3, 0.4) is 0 Å². The van der Waals surface area contributed by atoms with Crippen LogP contribution in [0.4, 0.5) is 5.69 Å². The summed E-state index contributed by atoms with van der Waals surface area (Å²) in [4.78, 5) is 0. The molecular weight excluding hydrogens is 150 g/mol. The first-order valence-electron chi connectivity index (χ1n) is 3.90. The Hall–Kier alpha value is -1.44. The second-order valence-electron chi connectivity index (χ2n) is 2.69.